The molecule has 4 rings (SSSR count). The monoisotopic (exact) mass is 459 g/mol. The zero-order chi connectivity index (χ0) is 23.4. The molecule has 11 heteroatoms. The van der Waals surface area contributed by atoms with Crippen LogP contribution in [0.3, 0.4) is 0 Å². The number of carbonyl (C=O) groups is 1. The molecule has 174 valence electrons. The third-order valence-electron chi connectivity index (χ3n) is 5.27. The van der Waals surface area contributed by atoms with Crippen molar-refractivity contribution < 1.29 is 27.8 Å². The van der Waals surface area contributed by atoms with Gasteiger partial charge in [-0.3, -0.25) is 9.78 Å². The van der Waals surface area contributed by atoms with Gasteiger partial charge in [-0.15, -0.1) is 0 Å². The summed E-state index contributed by atoms with van der Waals surface area (Å²) in [5, 5.41) is 3.19. The molecular formula is C22H23F2N5O4. The summed E-state index contributed by atoms with van der Waals surface area (Å²) in [5.41, 5.74) is 2.59. The molecule has 1 saturated heterocycles. The number of methoxy groups -OCH3 is 2. The van der Waals surface area contributed by atoms with Gasteiger partial charge in [0.05, 0.1) is 38.1 Å². The van der Waals surface area contributed by atoms with Crippen molar-refractivity contribution in [3.05, 3.63) is 36.7 Å². The summed E-state index contributed by atoms with van der Waals surface area (Å²) in [6.45, 7) is 0.641. The minimum atomic E-state index is -3.03. The van der Waals surface area contributed by atoms with E-state index < -0.39 is 18.4 Å². The van der Waals surface area contributed by atoms with E-state index in [0.29, 0.717) is 34.0 Å². The SMILES string of the molecule is COc1ccc(-c2cc3nccnc3c(NC[C@@H]3CN(C(=O)C(F)F)CCO3)n2)cc1OC. The minimum Gasteiger partial charge on any atom is -0.493 e. The molecular weight excluding hydrogens is 436 g/mol. The number of nitrogens with zero attached hydrogens (tertiary/aromatic N) is 4. The Hall–Kier alpha value is -3.60. The molecule has 0 radical (unpaired) electrons. The van der Waals surface area contributed by atoms with E-state index in [1.54, 1.807) is 32.7 Å². The van der Waals surface area contributed by atoms with Crippen LogP contribution in [-0.4, -0.2) is 78.7 Å². The molecule has 0 spiro atoms. The summed E-state index contributed by atoms with van der Waals surface area (Å²) in [6.07, 6.45) is -0.357. The normalized spacial score (nSPS) is 16.2. The number of nitrogens with one attached hydrogen (secondary N) is 1. The van der Waals surface area contributed by atoms with Crippen molar-refractivity contribution in [3.63, 3.8) is 0 Å². The zero-order valence-corrected chi connectivity index (χ0v) is 18.1. The molecule has 1 atom stereocenters. The van der Waals surface area contributed by atoms with Crippen LogP contribution in [0.4, 0.5) is 14.6 Å². The van der Waals surface area contributed by atoms with Crippen LogP contribution < -0.4 is 14.8 Å². The van der Waals surface area contributed by atoms with Crippen LogP contribution in [0.25, 0.3) is 22.3 Å². The molecule has 2 aromatic heterocycles. The number of amides is 1. The molecule has 9 nitrogen and oxygen atoms in total. The Balaban J connectivity index is 1.59. The van der Waals surface area contributed by atoms with E-state index in [0.717, 1.165) is 10.5 Å². The third kappa shape index (κ3) is 4.92. The summed E-state index contributed by atoms with van der Waals surface area (Å²) in [7, 11) is 3.12. The first kappa shape index (κ1) is 22.6. The molecule has 1 aliphatic heterocycles. The molecule has 1 aromatic carbocycles. The Morgan fingerprint density at radius 1 is 1.21 bits per heavy atom. The van der Waals surface area contributed by atoms with Crippen molar-refractivity contribution in [1.82, 2.24) is 19.9 Å². The molecule has 1 N–H and O–H groups in total. The van der Waals surface area contributed by atoms with E-state index in [-0.39, 0.29) is 26.2 Å². The van der Waals surface area contributed by atoms with Crippen molar-refractivity contribution in [2.45, 2.75) is 12.5 Å². The number of hydrogen-bond acceptors (Lipinski definition) is 8. The van der Waals surface area contributed by atoms with Crippen molar-refractivity contribution in [3.8, 4) is 22.8 Å². The standard InChI is InChI=1S/C22H23F2N5O4/c1-31-17-4-3-13(9-18(17)32-2)15-10-16-19(26-6-5-25-16)21(28-15)27-11-14-12-29(7-8-33-14)22(30)20(23)24/h3-6,9-10,14,20H,7-8,11-12H2,1-2H3,(H,27,28)/t14-/m1/s1. The predicted molar refractivity (Wildman–Crippen MR) is 117 cm³/mol. The van der Waals surface area contributed by atoms with Crippen molar-refractivity contribution in [2.24, 2.45) is 0 Å². The van der Waals surface area contributed by atoms with E-state index in [2.05, 4.69) is 15.3 Å². The largest absolute Gasteiger partial charge is 0.493 e. The highest BCUT2D eigenvalue weighted by Crippen LogP contribution is 2.33. The van der Waals surface area contributed by atoms with Crippen LogP contribution in [0.15, 0.2) is 36.7 Å². The highest BCUT2D eigenvalue weighted by atomic mass is 19.3. The van der Waals surface area contributed by atoms with Crippen LogP contribution in [0, 0.1) is 0 Å². The van der Waals surface area contributed by atoms with Crippen LogP contribution in [0.5, 0.6) is 11.5 Å². The average molecular weight is 459 g/mol. The predicted octanol–water partition coefficient (Wildman–Crippen LogP) is 2.61. The Kier molecular flexibility index (Phi) is 6.78. The summed E-state index contributed by atoms with van der Waals surface area (Å²) in [6, 6.07) is 7.27. The van der Waals surface area contributed by atoms with E-state index in [1.807, 2.05) is 18.2 Å². The van der Waals surface area contributed by atoms with Crippen LogP contribution in [0.1, 0.15) is 0 Å². The van der Waals surface area contributed by atoms with Crippen molar-refractivity contribution in [1.29, 1.82) is 0 Å². The number of ether oxygens (including phenoxy) is 3. The number of benzene rings is 1. The van der Waals surface area contributed by atoms with E-state index >= 15 is 0 Å². The van der Waals surface area contributed by atoms with Crippen molar-refractivity contribution >= 4 is 22.8 Å². The topological polar surface area (TPSA) is 98.7 Å². The number of rotatable bonds is 7. The van der Waals surface area contributed by atoms with E-state index in [9.17, 15) is 13.6 Å². The van der Waals surface area contributed by atoms with Gasteiger partial charge in [-0.05, 0) is 24.3 Å². The van der Waals surface area contributed by atoms with E-state index in [4.69, 9.17) is 19.2 Å². The molecule has 3 heterocycles. The molecule has 33 heavy (non-hydrogen) atoms. The first-order valence-corrected chi connectivity index (χ1v) is 10.3. The van der Waals surface area contributed by atoms with Gasteiger partial charge in [0, 0.05) is 37.6 Å². The number of morpholine rings is 1. The van der Waals surface area contributed by atoms with E-state index in [1.165, 1.54) is 0 Å². The highest BCUT2D eigenvalue weighted by Gasteiger charge is 2.29. The first-order chi connectivity index (χ1) is 16.0. The fourth-order valence-corrected chi connectivity index (χ4v) is 3.63. The lowest BCUT2D eigenvalue weighted by molar-refractivity contribution is -0.149. The maximum atomic E-state index is 12.8. The number of aromatic nitrogens is 3. The molecule has 0 unspecified atom stereocenters. The number of fused-ring (bicyclic) bond motifs is 1. The second kappa shape index (κ2) is 9.90. The number of hydrogen-bond donors (Lipinski definition) is 1. The molecule has 1 aliphatic rings. The second-order valence-electron chi connectivity index (χ2n) is 7.31. The number of alkyl halides is 2. The summed E-state index contributed by atoms with van der Waals surface area (Å²) in [5.74, 6) is 0.432. The Labute approximate surface area is 188 Å². The summed E-state index contributed by atoms with van der Waals surface area (Å²) >= 11 is 0. The van der Waals surface area contributed by atoms with Crippen molar-refractivity contribution in [2.75, 3.05) is 45.8 Å². The van der Waals surface area contributed by atoms with Gasteiger partial charge < -0.3 is 24.4 Å². The van der Waals surface area contributed by atoms with Gasteiger partial charge in [-0.25, -0.2) is 9.97 Å². The minimum absolute atomic E-state index is 0.0646. The molecule has 0 aliphatic carbocycles. The lowest BCUT2D eigenvalue weighted by Crippen LogP contribution is -2.49. The Morgan fingerprint density at radius 3 is 2.76 bits per heavy atom. The first-order valence-electron chi connectivity index (χ1n) is 10.3. The number of halogens is 2. The number of pyridine rings is 1. The number of carbonyl (C=O) groups excluding carboxylic acids is 1. The van der Waals surface area contributed by atoms with Gasteiger partial charge in [-0.2, -0.15) is 8.78 Å². The maximum absolute atomic E-state index is 12.8. The highest BCUT2D eigenvalue weighted by molar-refractivity contribution is 5.88. The zero-order valence-electron chi connectivity index (χ0n) is 18.1. The molecule has 1 fully saturated rings. The molecule has 0 bridgehead atoms. The van der Waals surface area contributed by atoms with Gasteiger partial charge in [0.15, 0.2) is 17.3 Å². The smallest absolute Gasteiger partial charge is 0.315 e. The second-order valence-corrected chi connectivity index (χ2v) is 7.31. The summed E-state index contributed by atoms with van der Waals surface area (Å²) in [4.78, 5) is 26.2. The van der Waals surface area contributed by atoms with Crippen LogP contribution in [-0.2, 0) is 9.53 Å². The van der Waals surface area contributed by atoms with Gasteiger partial charge in [0.1, 0.15) is 5.52 Å². The third-order valence-corrected chi connectivity index (χ3v) is 5.27. The molecule has 3 aromatic rings. The fraction of sp³-hybridized carbons (Fsp3) is 0.364. The molecule has 0 saturated carbocycles. The number of anilines is 1. The average Bonchev–Trinajstić information content (AvgIpc) is 2.86. The van der Waals surface area contributed by atoms with Gasteiger partial charge >= 0.3 is 6.43 Å². The maximum Gasteiger partial charge on any atom is 0.315 e. The lowest BCUT2D eigenvalue weighted by atomic mass is 10.1. The van der Waals surface area contributed by atoms with Crippen LogP contribution >= 0.6 is 0 Å². The lowest BCUT2D eigenvalue weighted by Gasteiger charge is -2.32. The quantitative estimate of drug-likeness (QED) is 0.576. The fourth-order valence-electron chi connectivity index (χ4n) is 3.63. The van der Waals surface area contributed by atoms with Gasteiger partial charge in [0.25, 0.3) is 5.91 Å². The van der Waals surface area contributed by atoms with Gasteiger partial charge in [-0.1, -0.05) is 0 Å². The Bertz CT molecular complexity index is 1150. The Morgan fingerprint density at radius 2 is 2.00 bits per heavy atom. The summed E-state index contributed by atoms with van der Waals surface area (Å²) < 4.78 is 41.9. The van der Waals surface area contributed by atoms with Gasteiger partial charge in [0.2, 0.25) is 0 Å². The van der Waals surface area contributed by atoms with Crippen LogP contribution in [0.2, 0.25) is 0 Å². The molecule has 1 amide bonds.